The summed E-state index contributed by atoms with van der Waals surface area (Å²) in [6, 6.07) is 8.76. The average Bonchev–Trinajstić information content (AvgIpc) is 3.26. The summed E-state index contributed by atoms with van der Waals surface area (Å²) in [5, 5.41) is 20.6. The zero-order valence-electron chi connectivity index (χ0n) is 17.4. The molecule has 158 valence electrons. The molecule has 30 heavy (non-hydrogen) atoms. The molecule has 1 aromatic heterocycles. The number of hydrogen-bond acceptors (Lipinski definition) is 7. The molecule has 2 N–H and O–H groups in total. The molecule has 0 aliphatic heterocycles. The monoisotopic (exact) mass is 426 g/mol. The first kappa shape index (κ1) is 23.2. The summed E-state index contributed by atoms with van der Waals surface area (Å²) in [6.07, 6.45) is 2.93. The molecule has 0 saturated carbocycles. The van der Waals surface area contributed by atoms with E-state index in [1.165, 1.54) is 6.08 Å². The van der Waals surface area contributed by atoms with Crippen LogP contribution in [0.25, 0.3) is 6.08 Å². The van der Waals surface area contributed by atoms with Crippen LogP contribution in [0.2, 0.25) is 0 Å². The molecule has 0 saturated heterocycles. The highest BCUT2D eigenvalue weighted by molar-refractivity contribution is 7.03. The highest BCUT2D eigenvalue weighted by Crippen LogP contribution is 2.18. The van der Waals surface area contributed by atoms with Gasteiger partial charge in [0.1, 0.15) is 11.6 Å². The van der Waals surface area contributed by atoms with Crippen LogP contribution in [-0.2, 0) is 4.79 Å². The predicted molar refractivity (Wildman–Crippen MR) is 117 cm³/mol. The zero-order valence-corrected chi connectivity index (χ0v) is 18.2. The van der Waals surface area contributed by atoms with Gasteiger partial charge >= 0.3 is 0 Å². The summed E-state index contributed by atoms with van der Waals surface area (Å²) in [6.45, 7) is 3.47. The summed E-state index contributed by atoms with van der Waals surface area (Å²) in [7, 11) is 3.99. The fourth-order valence-corrected chi connectivity index (χ4v) is 3.17. The third kappa shape index (κ3) is 7.06. The van der Waals surface area contributed by atoms with Gasteiger partial charge in [-0.2, -0.15) is 5.26 Å². The summed E-state index contributed by atoms with van der Waals surface area (Å²) in [5.74, 6) is -0.593. The minimum atomic E-state index is -0.472. The lowest BCUT2D eigenvalue weighted by molar-refractivity contribution is -0.117. The largest absolute Gasteiger partial charge is 0.352 e. The van der Waals surface area contributed by atoms with Gasteiger partial charge in [0.05, 0.1) is 11.7 Å². The van der Waals surface area contributed by atoms with E-state index in [0.717, 1.165) is 30.1 Å². The topological polar surface area (TPSA) is 111 Å². The molecule has 0 aliphatic rings. The van der Waals surface area contributed by atoms with Gasteiger partial charge in [0, 0.05) is 17.5 Å². The number of hydrogen-bond donors (Lipinski definition) is 2. The third-order valence-electron chi connectivity index (χ3n) is 4.39. The number of amides is 2. The van der Waals surface area contributed by atoms with E-state index in [1.807, 2.05) is 39.2 Å². The van der Waals surface area contributed by atoms with E-state index in [4.69, 9.17) is 0 Å². The molecule has 0 bridgehead atoms. The maximum atomic E-state index is 12.5. The van der Waals surface area contributed by atoms with Crippen LogP contribution in [0.4, 0.5) is 0 Å². The lowest BCUT2D eigenvalue weighted by atomic mass is 10.0. The Labute approximate surface area is 180 Å². The zero-order chi connectivity index (χ0) is 21.9. The number of nitriles is 1. The molecule has 1 heterocycles. The molecule has 1 aromatic carbocycles. The van der Waals surface area contributed by atoms with E-state index in [2.05, 4.69) is 25.1 Å². The van der Waals surface area contributed by atoms with Crippen molar-refractivity contribution in [3.8, 4) is 6.07 Å². The fraction of sp³-hybridized carbons (Fsp3) is 0.381. The van der Waals surface area contributed by atoms with Crippen LogP contribution < -0.4 is 10.6 Å². The van der Waals surface area contributed by atoms with Crippen molar-refractivity contribution >= 4 is 29.4 Å². The first-order chi connectivity index (χ1) is 14.4. The van der Waals surface area contributed by atoms with Crippen molar-refractivity contribution in [1.29, 1.82) is 5.26 Å². The second-order valence-corrected chi connectivity index (χ2v) is 7.58. The van der Waals surface area contributed by atoms with Gasteiger partial charge in [0.25, 0.3) is 11.8 Å². The summed E-state index contributed by atoms with van der Waals surface area (Å²) >= 11 is 1.15. The van der Waals surface area contributed by atoms with Crippen LogP contribution in [0.15, 0.2) is 35.2 Å². The summed E-state index contributed by atoms with van der Waals surface area (Å²) in [4.78, 5) is 26.8. The van der Waals surface area contributed by atoms with E-state index in [1.54, 1.807) is 17.5 Å². The molecule has 2 rings (SSSR count). The van der Waals surface area contributed by atoms with Gasteiger partial charge in [0.2, 0.25) is 0 Å². The van der Waals surface area contributed by atoms with Crippen molar-refractivity contribution in [3.63, 3.8) is 0 Å². The number of carbonyl (C=O) groups is 2. The van der Waals surface area contributed by atoms with Crippen molar-refractivity contribution in [2.75, 3.05) is 27.2 Å². The summed E-state index contributed by atoms with van der Waals surface area (Å²) < 4.78 is 3.72. The van der Waals surface area contributed by atoms with Gasteiger partial charge in [-0.1, -0.05) is 23.5 Å². The van der Waals surface area contributed by atoms with E-state index >= 15 is 0 Å². The van der Waals surface area contributed by atoms with Crippen LogP contribution in [0, 0.1) is 11.3 Å². The smallest absolute Gasteiger partial charge is 0.262 e. The highest BCUT2D eigenvalue weighted by Gasteiger charge is 2.17. The minimum absolute atomic E-state index is 0.0325. The highest BCUT2D eigenvalue weighted by atomic mass is 32.1. The van der Waals surface area contributed by atoms with E-state index < -0.39 is 5.91 Å². The third-order valence-corrected chi connectivity index (χ3v) is 4.91. The molecule has 0 aliphatic carbocycles. The van der Waals surface area contributed by atoms with Crippen molar-refractivity contribution in [3.05, 3.63) is 52.0 Å². The molecular weight excluding hydrogens is 400 g/mol. The Morgan fingerprint density at radius 3 is 2.60 bits per heavy atom. The minimum Gasteiger partial charge on any atom is -0.352 e. The van der Waals surface area contributed by atoms with Crippen molar-refractivity contribution in [1.82, 2.24) is 25.1 Å². The lowest BCUT2D eigenvalue weighted by Crippen LogP contribution is -2.29. The molecule has 9 heteroatoms. The maximum Gasteiger partial charge on any atom is 0.262 e. The van der Waals surface area contributed by atoms with Gasteiger partial charge in [-0.15, -0.1) is 5.10 Å². The van der Waals surface area contributed by atoms with Gasteiger partial charge in [-0.25, -0.2) is 0 Å². The van der Waals surface area contributed by atoms with Gasteiger partial charge in [-0.05, 0) is 68.8 Å². The molecule has 2 amide bonds. The van der Waals surface area contributed by atoms with Gasteiger partial charge < -0.3 is 15.5 Å². The number of nitrogens with zero attached hydrogens (tertiary/aromatic N) is 4. The molecule has 0 radical (unpaired) electrons. The molecular formula is C21H26N6O2S. The normalized spacial score (nSPS) is 12.3. The number of aromatic nitrogens is 2. The van der Waals surface area contributed by atoms with Crippen LogP contribution in [0.3, 0.4) is 0 Å². The number of carbonyl (C=O) groups excluding carboxylic acids is 2. The predicted octanol–water partition coefficient (Wildman–Crippen LogP) is 2.39. The van der Waals surface area contributed by atoms with Gasteiger partial charge in [0.15, 0.2) is 0 Å². The van der Waals surface area contributed by atoms with E-state index in [0.29, 0.717) is 24.2 Å². The maximum absolute atomic E-state index is 12.5. The number of rotatable bonds is 10. The Hall–Kier alpha value is -3.09. The van der Waals surface area contributed by atoms with Crippen molar-refractivity contribution in [2.24, 2.45) is 0 Å². The first-order valence-electron chi connectivity index (χ1n) is 9.67. The SMILES string of the molecule is CCC(NC(=O)C(C#N)=Cc1csnn1)c1ccc(C(=O)NCCCN(C)C)cc1. The molecule has 1 atom stereocenters. The Morgan fingerprint density at radius 2 is 2.03 bits per heavy atom. The van der Waals surface area contributed by atoms with Crippen LogP contribution in [0.5, 0.6) is 0 Å². The van der Waals surface area contributed by atoms with Crippen molar-refractivity contribution < 1.29 is 9.59 Å². The Kier molecular flexibility index (Phi) is 9.12. The lowest BCUT2D eigenvalue weighted by Gasteiger charge is -2.17. The molecule has 0 spiro atoms. The second-order valence-electron chi connectivity index (χ2n) is 6.97. The molecule has 8 nitrogen and oxygen atoms in total. The molecule has 2 aromatic rings. The van der Waals surface area contributed by atoms with Crippen LogP contribution in [0.1, 0.15) is 47.4 Å². The Balaban J connectivity index is 1.98. The fourth-order valence-electron chi connectivity index (χ4n) is 2.75. The van der Waals surface area contributed by atoms with Crippen LogP contribution in [-0.4, -0.2) is 53.5 Å². The number of nitrogens with one attached hydrogen (secondary N) is 2. The second kappa shape index (κ2) is 11.8. The Bertz CT molecular complexity index is 901. The van der Waals surface area contributed by atoms with Gasteiger partial charge in [-0.3, -0.25) is 9.59 Å². The standard InChI is InChI=1S/C21H26N6O2S/c1-4-19(24-21(29)17(13-22)12-18-14-30-26-25-18)15-6-8-16(9-7-15)20(28)23-10-5-11-27(2)3/h6-9,12,14,19H,4-5,10-11H2,1-3H3,(H,23,28)(H,24,29). The van der Waals surface area contributed by atoms with E-state index in [-0.39, 0.29) is 17.5 Å². The van der Waals surface area contributed by atoms with Crippen molar-refractivity contribution in [2.45, 2.75) is 25.8 Å². The van der Waals surface area contributed by atoms with E-state index in [9.17, 15) is 14.9 Å². The quantitative estimate of drug-likeness (QED) is 0.343. The Morgan fingerprint density at radius 1 is 1.30 bits per heavy atom. The average molecular weight is 427 g/mol. The van der Waals surface area contributed by atoms with Crippen LogP contribution >= 0.6 is 11.5 Å². The molecule has 0 fully saturated rings. The number of benzene rings is 1. The first-order valence-corrected chi connectivity index (χ1v) is 10.5. The molecule has 1 unspecified atom stereocenters. The summed E-state index contributed by atoms with van der Waals surface area (Å²) in [5.41, 5.74) is 1.87.